The molecule has 6 heteroatoms. The maximum Gasteiger partial charge on any atom is 0.267 e. The number of furan rings is 1. The van der Waals surface area contributed by atoms with Crippen molar-refractivity contribution in [1.82, 2.24) is 15.1 Å². The van der Waals surface area contributed by atoms with Gasteiger partial charge in [-0.2, -0.15) is 5.10 Å². The van der Waals surface area contributed by atoms with Gasteiger partial charge in [-0.1, -0.05) is 20.8 Å². The number of carbonyl (C=O) groups is 1. The molecule has 6 nitrogen and oxygen atoms in total. The van der Waals surface area contributed by atoms with Crippen LogP contribution in [0.2, 0.25) is 0 Å². The Labute approximate surface area is 129 Å². The first kappa shape index (κ1) is 16.0. The lowest BCUT2D eigenvalue weighted by Gasteiger charge is -2.20. The van der Waals surface area contributed by atoms with Crippen molar-refractivity contribution in [3.63, 3.8) is 0 Å². The maximum atomic E-state index is 12.0. The Morgan fingerprint density at radius 2 is 2.09 bits per heavy atom. The van der Waals surface area contributed by atoms with Gasteiger partial charge in [0.1, 0.15) is 5.69 Å². The molecule has 1 N–H and O–H groups in total. The standard InChI is InChI=1S/C16H21N3O3/c1-11(10-17-15(21)16(2,3)4)19-14(20)8-7-12(18-19)13-6-5-9-22-13/h5-9,11H,10H2,1-4H3,(H,17,21). The maximum absolute atomic E-state index is 12.0. The number of nitrogens with zero attached hydrogens (tertiary/aromatic N) is 2. The highest BCUT2D eigenvalue weighted by atomic mass is 16.3. The van der Waals surface area contributed by atoms with E-state index in [1.165, 1.54) is 10.7 Å². The van der Waals surface area contributed by atoms with E-state index in [1.807, 2.05) is 27.7 Å². The molecule has 1 atom stereocenters. The van der Waals surface area contributed by atoms with Gasteiger partial charge in [0.15, 0.2) is 5.76 Å². The third kappa shape index (κ3) is 3.63. The van der Waals surface area contributed by atoms with Crippen LogP contribution < -0.4 is 10.9 Å². The Balaban J connectivity index is 2.16. The van der Waals surface area contributed by atoms with Crippen molar-refractivity contribution in [2.24, 2.45) is 5.41 Å². The molecule has 22 heavy (non-hydrogen) atoms. The van der Waals surface area contributed by atoms with Gasteiger partial charge in [0.05, 0.1) is 12.3 Å². The summed E-state index contributed by atoms with van der Waals surface area (Å²) in [4.78, 5) is 23.9. The van der Waals surface area contributed by atoms with Crippen LogP contribution in [0, 0.1) is 5.41 Å². The second kappa shape index (κ2) is 6.17. The molecular formula is C16H21N3O3. The summed E-state index contributed by atoms with van der Waals surface area (Å²) >= 11 is 0. The van der Waals surface area contributed by atoms with Crippen molar-refractivity contribution in [2.45, 2.75) is 33.7 Å². The summed E-state index contributed by atoms with van der Waals surface area (Å²) in [5.74, 6) is 0.536. The third-order valence-corrected chi connectivity index (χ3v) is 3.26. The smallest absolute Gasteiger partial charge is 0.267 e. The summed E-state index contributed by atoms with van der Waals surface area (Å²) < 4.78 is 6.65. The minimum absolute atomic E-state index is 0.0606. The number of carbonyl (C=O) groups excluding carboxylic acids is 1. The normalized spacial score (nSPS) is 12.9. The minimum Gasteiger partial charge on any atom is -0.463 e. The molecule has 0 aliphatic rings. The number of aromatic nitrogens is 2. The SMILES string of the molecule is CC(CNC(=O)C(C)(C)C)n1nc(-c2ccco2)ccc1=O. The molecule has 0 bridgehead atoms. The molecule has 1 unspecified atom stereocenters. The number of nitrogens with one attached hydrogen (secondary N) is 1. The van der Waals surface area contributed by atoms with Crippen LogP contribution in [0.5, 0.6) is 0 Å². The molecule has 2 heterocycles. The lowest BCUT2D eigenvalue weighted by atomic mass is 9.96. The molecule has 0 aliphatic heterocycles. The summed E-state index contributed by atoms with van der Waals surface area (Å²) in [6, 6.07) is 6.36. The Hall–Kier alpha value is -2.37. The second-order valence-corrected chi connectivity index (χ2v) is 6.29. The van der Waals surface area contributed by atoms with Gasteiger partial charge < -0.3 is 9.73 Å². The van der Waals surface area contributed by atoms with Gasteiger partial charge in [0.2, 0.25) is 5.91 Å². The van der Waals surface area contributed by atoms with E-state index in [0.717, 1.165) is 0 Å². The van der Waals surface area contributed by atoms with Gasteiger partial charge in [-0.15, -0.1) is 0 Å². The molecule has 118 valence electrons. The largest absolute Gasteiger partial charge is 0.463 e. The van der Waals surface area contributed by atoms with E-state index in [0.29, 0.717) is 18.0 Å². The monoisotopic (exact) mass is 303 g/mol. The quantitative estimate of drug-likeness (QED) is 0.939. The first-order chi connectivity index (χ1) is 10.3. The van der Waals surface area contributed by atoms with Crippen LogP contribution in [-0.2, 0) is 4.79 Å². The highest BCUT2D eigenvalue weighted by Crippen LogP contribution is 2.16. The van der Waals surface area contributed by atoms with Crippen LogP contribution in [0.1, 0.15) is 33.7 Å². The number of rotatable bonds is 4. The van der Waals surface area contributed by atoms with Gasteiger partial charge in [-0.3, -0.25) is 9.59 Å². The van der Waals surface area contributed by atoms with E-state index in [-0.39, 0.29) is 17.5 Å². The Bertz CT molecular complexity index is 696. The molecule has 0 aromatic carbocycles. The molecule has 1 amide bonds. The van der Waals surface area contributed by atoms with Crippen molar-refractivity contribution >= 4 is 5.91 Å². The molecule has 0 aliphatic carbocycles. The van der Waals surface area contributed by atoms with E-state index in [2.05, 4.69) is 10.4 Å². The molecule has 0 fully saturated rings. The van der Waals surface area contributed by atoms with Crippen molar-refractivity contribution < 1.29 is 9.21 Å². The average molecular weight is 303 g/mol. The van der Waals surface area contributed by atoms with E-state index >= 15 is 0 Å². The van der Waals surface area contributed by atoms with Crippen molar-refractivity contribution in [1.29, 1.82) is 0 Å². The van der Waals surface area contributed by atoms with Crippen LogP contribution in [-0.4, -0.2) is 22.2 Å². The van der Waals surface area contributed by atoms with E-state index in [4.69, 9.17) is 4.42 Å². The summed E-state index contributed by atoms with van der Waals surface area (Å²) in [6.07, 6.45) is 1.56. The first-order valence-corrected chi connectivity index (χ1v) is 7.21. The van der Waals surface area contributed by atoms with Crippen LogP contribution >= 0.6 is 0 Å². The van der Waals surface area contributed by atoms with Gasteiger partial charge >= 0.3 is 0 Å². The summed E-state index contributed by atoms with van der Waals surface area (Å²) in [5, 5.41) is 7.15. The molecule has 0 spiro atoms. The van der Waals surface area contributed by atoms with Crippen molar-refractivity contribution in [3.8, 4) is 11.5 Å². The highest BCUT2D eigenvalue weighted by Gasteiger charge is 2.21. The van der Waals surface area contributed by atoms with Crippen LogP contribution in [0.15, 0.2) is 39.7 Å². The third-order valence-electron chi connectivity index (χ3n) is 3.26. The molecule has 2 aromatic rings. The topological polar surface area (TPSA) is 77.1 Å². The first-order valence-electron chi connectivity index (χ1n) is 7.21. The van der Waals surface area contributed by atoms with Crippen LogP contribution in [0.25, 0.3) is 11.5 Å². The minimum atomic E-state index is -0.464. The van der Waals surface area contributed by atoms with Crippen molar-refractivity contribution in [3.05, 3.63) is 40.9 Å². The van der Waals surface area contributed by atoms with Crippen LogP contribution in [0.4, 0.5) is 0 Å². The molecule has 0 radical (unpaired) electrons. The molecule has 0 saturated heterocycles. The van der Waals surface area contributed by atoms with E-state index in [9.17, 15) is 9.59 Å². The van der Waals surface area contributed by atoms with Gasteiger partial charge in [0.25, 0.3) is 5.56 Å². The predicted molar refractivity (Wildman–Crippen MR) is 83.4 cm³/mol. The molecular weight excluding hydrogens is 282 g/mol. The van der Waals surface area contributed by atoms with Gasteiger partial charge in [-0.05, 0) is 25.1 Å². The number of amides is 1. The van der Waals surface area contributed by atoms with Gasteiger partial charge in [0, 0.05) is 18.0 Å². The Kier molecular flexibility index (Phi) is 4.49. The Morgan fingerprint density at radius 1 is 1.36 bits per heavy atom. The molecule has 2 rings (SSSR count). The fraction of sp³-hybridized carbons (Fsp3) is 0.438. The zero-order valence-corrected chi connectivity index (χ0v) is 13.3. The fourth-order valence-corrected chi connectivity index (χ4v) is 1.89. The zero-order valence-electron chi connectivity index (χ0n) is 13.3. The van der Waals surface area contributed by atoms with E-state index < -0.39 is 5.41 Å². The molecule has 0 saturated carbocycles. The second-order valence-electron chi connectivity index (χ2n) is 6.29. The summed E-state index contributed by atoms with van der Waals surface area (Å²) in [6.45, 7) is 7.70. The highest BCUT2D eigenvalue weighted by molar-refractivity contribution is 5.81. The predicted octanol–water partition coefficient (Wildman–Crippen LogP) is 2.23. The van der Waals surface area contributed by atoms with Crippen LogP contribution in [0.3, 0.4) is 0 Å². The lowest BCUT2D eigenvalue weighted by molar-refractivity contribution is -0.128. The average Bonchev–Trinajstić information content (AvgIpc) is 2.98. The number of hydrogen-bond acceptors (Lipinski definition) is 4. The Morgan fingerprint density at radius 3 is 2.68 bits per heavy atom. The lowest BCUT2D eigenvalue weighted by Crippen LogP contribution is -2.39. The number of hydrogen-bond donors (Lipinski definition) is 1. The fourth-order valence-electron chi connectivity index (χ4n) is 1.89. The summed E-state index contributed by atoms with van der Waals surface area (Å²) in [5.41, 5.74) is -0.0971. The molecule has 2 aromatic heterocycles. The van der Waals surface area contributed by atoms with E-state index in [1.54, 1.807) is 24.5 Å². The van der Waals surface area contributed by atoms with Gasteiger partial charge in [-0.25, -0.2) is 4.68 Å². The zero-order chi connectivity index (χ0) is 16.3. The van der Waals surface area contributed by atoms with Crippen molar-refractivity contribution in [2.75, 3.05) is 6.54 Å². The summed E-state index contributed by atoms with van der Waals surface area (Å²) in [7, 11) is 0.